The molecule has 2 N–H and O–H groups in total. The van der Waals surface area contributed by atoms with E-state index in [9.17, 15) is 0 Å². The molecule has 0 aliphatic heterocycles. The molecule has 0 aliphatic carbocycles. The van der Waals surface area contributed by atoms with Gasteiger partial charge in [0.1, 0.15) is 11.3 Å². The highest BCUT2D eigenvalue weighted by atomic mass is 35.5. The number of nitrogens with zero attached hydrogens (tertiary/aromatic N) is 1. The van der Waals surface area contributed by atoms with E-state index in [0.717, 1.165) is 16.7 Å². The van der Waals surface area contributed by atoms with E-state index in [1.165, 1.54) is 0 Å². The first-order valence-electron chi connectivity index (χ1n) is 5.89. The van der Waals surface area contributed by atoms with Crippen LogP contribution in [0, 0.1) is 5.41 Å². The van der Waals surface area contributed by atoms with Crippen LogP contribution in [0.15, 0.2) is 30.5 Å². The predicted octanol–water partition coefficient (Wildman–Crippen LogP) is 3.25. The lowest BCUT2D eigenvalue weighted by Gasteiger charge is -2.22. The van der Waals surface area contributed by atoms with E-state index >= 15 is 0 Å². The summed E-state index contributed by atoms with van der Waals surface area (Å²) in [5, 5.41) is 1.59. The number of hydrogen-bond donors (Lipinski definition) is 1. The Morgan fingerprint density at radius 1 is 1.33 bits per heavy atom. The molecule has 0 fully saturated rings. The van der Waals surface area contributed by atoms with Crippen LogP contribution in [-0.2, 0) is 0 Å². The Balaban J connectivity index is 2.32. The average molecular weight is 265 g/mol. The van der Waals surface area contributed by atoms with Crippen LogP contribution in [0.25, 0.3) is 10.9 Å². The van der Waals surface area contributed by atoms with Gasteiger partial charge in [-0.15, -0.1) is 0 Å². The summed E-state index contributed by atoms with van der Waals surface area (Å²) in [7, 11) is 0. The minimum atomic E-state index is -0.0548. The lowest BCUT2D eigenvalue weighted by atomic mass is 9.95. The van der Waals surface area contributed by atoms with Crippen molar-refractivity contribution >= 4 is 22.5 Å². The van der Waals surface area contributed by atoms with Gasteiger partial charge in [0.15, 0.2) is 0 Å². The number of pyridine rings is 1. The lowest BCUT2D eigenvalue weighted by Crippen LogP contribution is -2.30. The molecule has 0 atom stereocenters. The number of fused-ring (bicyclic) bond motifs is 1. The molecule has 3 nitrogen and oxygen atoms in total. The van der Waals surface area contributed by atoms with Crippen molar-refractivity contribution in [3.05, 3.63) is 35.5 Å². The number of nitrogens with two attached hydrogens (primary N) is 1. The van der Waals surface area contributed by atoms with Crippen molar-refractivity contribution in [2.75, 3.05) is 13.2 Å². The molecule has 0 saturated carbocycles. The average Bonchev–Trinajstić information content (AvgIpc) is 2.38. The summed E-state index contributed by atoms with van der Waals surface area (Å²) in [6.45, 7) is 5.26. The standard InChI is InChI=1S/C14H17ClN2O/c1-14(2,8-16)9-18-12-6-5-11(15)10-4-3-7-17-13(10)12/h3-7H,8-9,16H2,1-2H3. The maximum atomic E-state index is 6.13. The van der Waals surface area contributed by atoms with Crippen LogP contribution < -0.4 is 10.5 Å². The highest BCUT2D eigenvalue weighted by Gasteiger charge is 2.17. The molecule has 2 rings (SSSR count). The summed E-state index contributed by atoms with van der Waals surface area (Å²) < 4.78 is 5.83. The molecule has 0 aliphatic rings. The summed E-state index contributed by atoms with van der Waals surface area (Å²) >= 11 is 6.13. The second-order valence-corrected chi connectivity index (χ2v) is 5.51. The second-order valence-electron chi connectivity index (χ2n) is 5.10. The van der Waals surface area contributed by atoms with Crippen molar-refractivity contribution in [1.82, 2.24) is 4.98 Å². The van der Waals surface area contributed by atoms with Crippen molar-refractivity contribution in [2.45, 2.75) is 13.8 Å². The van der Waals surface area contributed by atoms with Gasteiger partial charge in [0.2, 0.25) is 0 Å². The summed E-state index contributed by atoms with van der Waals surface area (Å²) in [5.41, 5.74) is 6.43. The highest BCUT2D eigenvalue weighted by Crippen LogP contribution is 2.30. The molecule has 2 aromatic rings. The molecular weight excluding hydrogens is 248 g/mol. The molecule has 0 unspecified atom stereocenters. The Morgan fingerprint density at radius 2 is 2.11 bits per heavy atom. The minimum absolute atomic E-state index is 0.0548. The summed E-state index contributed by atoms with van der Waals surface area (Å²) in [6, 6.07) is 7.48. The van der Waals surface area contributed by atoms with Gasteiger partial charge in [-0.3, -0.25) is 4.98 Å². The largest absolute Gasteiger partial charge is 0.491 e. The van der Waals surface area contributed by atoms with Gasteiger partial charge in [-0.2, -0.15) is 0 Å². The first kappa shape index (κ1) is 13.1. The van der Waals surface area contributed by atoms with Crippen molar-refractivity contribution in [2.24, 2.45) is 11.1 Å². The topological polar surface area (TPSA) is 48.1 Å². The van der Waals surface area contributed by atoms with E-state index in [0.29, 0.717) is 18.2 Å². The quantitative estimate of drug-likeness (QED) is 0.922. The number of hydrogen-bond acceptors (Lipinski definition) is 3. The van der Waals surface area contributed by atoms with Crippen LogP contribution in [0.1, 0.15) is 13.8 Å². The molecule has 1 aromatic heterocycles. The van der Waals surface area contributed by atoms with E-state index in [4.69, 9.17) is 22.1 Å². The van der Waals surface area contributed by atoms with Gasteiger partial charge < -0.3 is 10.5 Å². The molecule has 1 aromatic carbocycles. The van der Waals surface area contributed by atoms with Gasteiger partial charge in [-0.05, 0) is 24.3 Å². The molecule has 0 spiro atoms. The predicted molar refractivity (Wildman–Crippen MR) is 75.1 cm³/mol. The van der Waals surface area contributed by atoms with E-state index in [1.807, 2.05) is 24.3 Å². The molecule has 0 radical (unpaired) electrons. The van der Waals surface area contributed by atoms with Crippen LogP contribution in [-0.4, -0.2) is 18.1 Å². The molecule has 0 bridgehead atoms. The van der Waals surface area contributed by atoms with E-state index in [-0.39, 0.29) is 5.41 Å². The van der Waals surface area contributed by atoms with Crippen molar-refractivity contribution in [3.8, 4) is 5.75 Å². The first-order chi connectivity index (χ1) is 8.53. The molecule has 0 amide bonds. The number of ether oxygens (including phenoxy) is 1. The Bertz CT molecular complexity index is 554. The van der Waals surface area contributed by atoms with E-state index in [1.54, 1.807) is 6.20 Å². The van der Waals surface area contributed by atoms with Crippen LogP contribution in [0.2, 0.25) is 5.02 Å². The molecule has 4 heteroatoms. The smallest absolute Gasteiger partial charge is 0.145 e. The number of halogens is 1. The van der Waals surface area contributed by atoms with E-state index < -0.39 is 0 Å². The highest BCUT2D eigenvalue weighted by molar-refractivity contribution is 6.35. The molecule has 1 heterocycles. The van der Waals surface area contributed by atoms with Gasteiger partial charge in [-0.1, -0.05) is 25.4 Å². The lowest BCUT2D eigenvalue weighted by molar-refractivity contribution is 0.189. The third-order valence-electron chi connectivity index (χ3n) is 2.85. The number of rotatable bonds is 4. The summed E-state index contributed by atoms with van der Waals surface area (Å²) in [5.74, 6) is 0.747. The Labute approximate surface area is 112 Å². The Kier molecular flexibility index (Phi) is 3.73. The second kappa shape index (κ2) is 5.12. The van der Waals surface area contributed by atoms with Crippen LogP contribution in [0.5, 0.6) is 5.75 Å². The van der Waals surface area contributed by atoms with E-state index in [2.05, 4.69) is 18.8 Å². The van der Waals surface area contributed by atoms with Crippen LogP contribution in [0.3, 0.4) is 0 Å². The van der Waals surface area contributed by atoms with Crippen molar-refractivity contribution in [1.29, 1.82) is 0 Å². The van der Waals surface area contributed by atoms with Gasteiger partial charge in [-0.25, -0.2) is 0 Å². The number of benzene rings is 1. The summed E-state index contributed by atoms with van der Waals surface area (Å²) in [6.07, 6.45) is 1.74. The van der Waals surface area contributed by atoms with Gasteiger partial charge in [0.25, 0.3) is 0 Å². The Hall–Kier alpha value is -1.32. The first-order valence-corrected chi connectivity index (χ1v) is 6.27. The fraction of sp³-hybridized carbons (Fsp3) is 0.357. The maximum Gasteiger partial charge on any atom is 0.145 e. The third-order valence-corrected chi connectivity index (χ3v) is 3.18. The van der Waals surface area contributed by atoms with Crippen molar-refractivity contribution in [3.63, 3.8) is 0 Å². The van der Waals surface area contributed by atoms with Crippen molar-refractivity contribution < 1.29 is 4.74 Å². The fourth-order valence-electron chi connectivity index (χ4n) is 1.56. The van der Waals surface area contributed by atoms with Gasteiger partial charge >= 0.3 is 0 Å². The minimum Gasteiger partial charge on any atom is -0.491 e. The molecule has 96 valence electrons. The summed E-state index contributed by atoms with van der Waals surface area (Å²) in [4.78, 5) is 4.33. The fourth-order valence-corrected chi connectivity index (χ4v) is 1.78. The zero-order chi connectivity index (χ0) is 13.2. The number of aromatic nitrogens is 1. The maximum absolute atomic E-state index is 6.13. The van der Waals surface area contributed by atoms with Crippen LogP contribution >= 0.6 is 11.6 Å². The zero-order valence-electron chi connectivity index (χ0n) is 10.6. The normalized spacial score (nSPS) is 11.8. The van der Waals surface area contributed by atoms with Gasteiger partial charge in [0, 0.05) is 23.5 Å². The van der Waals surface area contributed by atoms with Crippen LogP contribution in [0.4, 0.5) is 0 Å². The monoisotopic (exact) mass is 264 g/mol. The molecular formula is C14H17ClN2O. The van der Waals surface area contributed by atoms with Gasteiger partial charge in [0.05, 0.1) is 11.6 Å². The third kappa shape index (κ3) is 2.74. The molecule has 18 heavy (non-hydrogen) atoms. The molecule has 0 saturated heterocycles. The SMILES string of the molecule is CC(C)(CN)COc1ccc(Cl)c2cccnc12. The zero-order valence-corrected chi connectivity index (χ0v) is 11.4. The Morgan fingerprint density at radius 3 is 2.83 bits per heavy atom.